The van der Waals surface area contributed by atoms with E-state index in [4.69, 9.17) is 4.74 Å². The highest BCUT2D eigenvalue weighted by Crippen LogP contribution is 2.43. The molecule has 224 valence electrons. The minimum absolute atomic E-state index is 0.0278. The summed E-state index contributed by atoms with van der Waals surface area (Å²) in [5.41, 5.74) is 7.79. The Hall–Kier alpha value is -4.29. The van der Waals surface area contributed by atoms with E-state index < -0.39 is 0 Å². The molecule has 0 saturated carbocycles. The molecule has 0 fully saturated rings. The molecule has 1 aliphatic rings. The fraction of sp³-hybridized carbons (Fsp3) is 0.297. The van der Waals surface area contributed by atoms with E-state index >= 15 is 0 Å². The van der Waals surface area contributed by atoms with Crippen molar-refractivity contribution in [2.75, 3.05) is 13.7 Å². The lowest BCUT2D eigenvalue weighted by atomic mass is 9.93. The minimum Gasteiger partial charge on any atom is -0.380 e. The van der Waals surface area contributed by atoms with Gasteiger partial charge in [0.15, 0.2) is 5.78 Å². The van der Waals surface area contributed by atoms with E-state index in [-0.39, 0.29) is 23.6 Å². The van der Waals surface area contributed by atoms with Crippen molar-refractivity contribution in [1.29, 1.82) is 0 Å². The Balaban J connectivity index is 1.88. The van der Waals surface area contributed by atoms with Crippen LogP contribution in [0.4, 0.5) is 4.39 Å². The van der Waals surface area contributed by atoms with Gasteiger partial charge in [0.1, 0.15) is 12.1 Å². The van der Waals surface area contributed by atoms with E-state index in [1.165, 1.54) is 17.7 Å². The molecule has 3 aromatic rings. The van der Waals surface area contributed by atoms with E-state index in [1.807, 2.05) is 44.3 Å². The molecule has 0 radical (unpaired) electrons. The number of hydrogen-bond acceptors (Lipinski definition) is 4. The highest BCUT2D eigenvalue weighted by atomic mass is 19.1. The zero-order valence-corrected chi connectivity index (χ0v) is 25.5. The number of halogens is 1. The summed E-state index contributed by atoms with van der Waals surface area (Å²) in [7, 11) is 3.73. The van der Waals surface area contributed by atoms with Crippen LogP contribution < -0.4 is 5.32 Å². The number of carbonyl (C=O) groups excluding carboxylic acids is 2. The van der Waals surface area contributed by atoms with Crippen molar-refractivity contribution < 1.29 is 18.7 Å². The molecule has 1 aromatic heterocycles. The molecule has 4 rings (SSSR count). The van der Waals surface area contributed by atoms with Crippen molar-refractivity contribution in [1.82, 2.24) is 9.88 Å². The van der Waals surface area contributed by atoms with Crippen molar-refractivity contribution in [3.63, 3.8) is 0 Å². The number of rotatable bonds is 14. The predicted molar refractivity (Wildman–Crippen MR) is 174 cm³/mol. The first kappa shape index (κ1) is 31.6. The van der Waals surface area contributed by atoms with Gasteiger partial charge in [0.2, 0.25) is 0 Å². The van der Waals surface area contributed by atoms with Crippen LogP contribution in [0.1, 0.15) is 50.9 Å². The quantitative estimate of drug-likeness (QED) is 0.155. The summed E-state index contributed by atoms with van der Waals surface area (Å²) in [5.74, 6) is -0.383. The van der Waals surface area contributed by atoms with Gasteiger partial charge in [0.05, 0.1) is 17.5 Å². The first-order valence-electron chi connectivity index (χ1n) is 14.9. The Bertz CT molecular complexity index is 1530. The number of aldehydes is 1. The van der Waals surface area contributed by atoms with Crippen molar-refractivity contribution >= 4 is 23.8 Å². The van der Waals surface area contributed by atoms with Crippen LogP contribution >= 0.6 is 0 Å². The van der Waals surface area contributed by atoms with Gasteiger partial charge in [0, 0.05) is 56.8 Å². The number of nitrogens with zero attached hydrogens (tertiary/aromatic N) is 1. The maximum absolute atomic E-state index is 14.1. The second-order valence-corrected chi connectivity index (χ2v) is 11.0. The van der Waals surface area contributed by atoms with Crippen LogP contribution in [0.3, 0.4) is 0 Å². The third kappa shape index (κ3) is 7.96. The number of benzene rings is 2. The van der Waals surface area contributed by atoms with Gasteiger partial charge in [-0.15, -0.1) is 0 Å². The molecule has 0 spiro atoms. The van der Waals surface area contributed by atoms with E-state index in [0.29, 0.717) is 19.4 Å². The minimum atomic E-state index is -0.310. The van der Waals surface area contributed by atoms with Crippen LogP contribution in [0, 0.1) is 11.7 Å². The zero-order valence-electron chi connectivity index (χ0n) is 25.5. The van der Waals surface area contributed by atoms with Crippen molar-refractivity contribution in [2.45, 2.75) is 45.6 Å². The molecule has 2 atom stereocenters. The predicted octanol–water partition coefficient (Wildman–Crippen LogP) is 7.94. The van der Waals surface area contributed by atoms with Crippen molar-refractivity contribution in [3.8, 4) is 22.3 Å². The molecular formula is C37H41FN2O3. The Morgan fingerprint density at radius 3 is 2.51 bits per heavy atom. The van der Waals surface area contributed by atoms with Gasteiger partial charge in [-0.05, 0) is 53.3 Å². The molecule has 2 unspecified atom stereocenters. The molecule has 6 heteroatoms. The number of methoxy groups -OCH3 is 1. The molecule has 0 aliphatic heterocycles. The van der Waals surface area contributed by atoms with E-state index in [1.54, 1.807) is 25.3 Å². The third-order valence-corrected chi connectivity index (χ3v) is 7.70. The summed E-state index contributed by atoms with van der Waals surface area (Å²) in [6, 6.07) is 16.7. The molecule has 0 saturated heterocycles. The molecule has 0 bridgehead atoms. The van der Waals surface area contributed by atoms with E-state index in [9.17, 15) is 14.0 Å². The van der Waals surface area contributed by atoms with Crippen LogP contribution in [-0.2, 0) is 21.4 Å². The molecule has 1 N–H and O–H groups in total. The van der Waals surface area contributed by atoms with Gasteiger partial charge in [-0.3, -0.25) is 4.79 Å². The maximum atomic E-state index is 14.1. The summed E-state index contributed by atoms with van der Waals surface area (Å²) in [4.78, 5) is 23.9. The first-order valence-corrected chi connectivity index (χ1v) is 14.9. The summed E-state index contributed by atoms with van der Waals surface area (Å²) >= 11 is 0. The average Bonchev–Trinajstić information content (AvgIpc) is 3.30. The summed E-state index contributed by atoms with van der Waals surface area (Å²) in [5, 5.41) is 3.71. The standard InChI is InChI=1S/C37H41FN2O3/c1-5-10-33(39-25-27-11-9-14-32(24-27)43-4)37-36(28-12-7-6-8-13-28)35(29-15-17-30(38)18-16-29)34(40(37)3)20-19-31(42)23-26(2)21-22-41/h6-20,22,26,32,39H,5,21,23-25H2,1-4H3/b20-19+,33-10+. The molecule has 0 amide bonds. The second kappa shape index (κ2) is 15.3. The number of ether oxygens (including phenoxy) is 1. The van der Waals surface area contributed by atoms with Gasteiger partial charge < -0.3 is 19.4 Å². The molecular weight excluding hydrogens is 539 g/mol. The third-order valence-electron chi connectivity index (χ3n) is 7.70. The number of carbonyl (C=O) groups is 2. The largest absolute Gasteiger partial charge is 0.380 e. The van der Waals surface area contributed by atoms with Crippen molar-refractivity contribution in [3.05, 3.63) is 108 Å². The Morgan fingerprint density at radius 2 is 1.84 bits per heavy atom. The fourth-order valence-electron chi connectivity index (χ4n) is 5.51. The number of aromatic nitrogens is 1. The molecule has 2 aromatic carbocycles. The second-order valence-electron chi connectivity index (χ2n) is 11.0. The highest BCUT2D eigenvalue weighted by molar-refractivity contribution is 5.99. The SMILES string of the molecule is CC/C=C(/NCC1=CC=CC(OC)C1)c1c(-c2ccccc2)c(-c2ccc(F)cc2)c(/C=C/C(=O)CC(C)CC=O)n1C. The Labute approximate surface area is 254 Å². The Kier molecular flexibility index (Phi) is 11.2. The topological polar surface area (TPSA) is 60.3 Å². The monoisotopic (exact) mass is 580 g/mol. The van der Waals surface area contributed by atoms with Crippen LogP contribution in [0.25, 0.3) is 34.0 Å². The van der Waals surface area contributed by atoms with E-state index in [2.05, 4.69) is 47.2 Å². The molecule has 1 aliphatic carbocycles. The maximum Gasteiger partial charge on any atom is 0.156 e. The van der Waals surface area contributed by atoms with Crippen molar-refractivity contribution in [2.24, 2.45) is 13.0 Å². The lowest BCUT2D eigenvalue weighted by Gasteiger charge is -2.20. The van der Waals surface area contributed by atoms with Crippen LogP contribution in [0.15, 0.2) is 90.6 Å². The number of ketones is 1. The van der Waals surface area contributed by atoms with Crippen LogP contribution in [0.2, 0.25) is 0 Å². The van der Waals surface area contributed by atoms with Gasteiger partial charge >= 0.3 is 0 Å². The van der Waals surface area contributed by atoms with Gasteiger partial charge in [-0.1, -0.05) is 80.6 Å². The molecule has 5 nitrogen and oxygen atoms in total. The average molecular weight is 581 g/mol. The summed E-state index contributed by atoms with van der Waals surface area (Å²) < 4.78 is 21.8. The number of hydrogen-bond donors (Lipinski definition) is 1. The number of allylic oxidation sites excluding steroid dienone is 4. The first-order chi connectivity index (χ1) is 20.9. The van der Waals surface area contributed by atoms with Gasteiger partial charge in [0.25, 0.3) is 0 Å². The summed E-state index contributed by atoms with van der Waals surface area (Å²) in [6.07, 6.45) is 15.0. The lowest BCUT2D eigenvalue weighted by Crippen LogP contribution is -2.21. The fourth-order valence-corrected chi connectivity index (χ4v) is 5.51. The smallest absolute Gasteiger partial charge is 0.156 e. The summed E-state index contributed by atoms with van der Waals surface area (Å²) in [6.45, 7) is 4.66. The van der Waals surface area contributed by atoms with Crippen LogP contribution in [0.5, 0.6) is 0 Å². The van der Waals surface area contributed by atoms with Crippen LogP contribution in [-0.4, -0.2) is 36.4 Å². The highest BCUT2D eigenvalue weighted by Gasteiger charge is 2.25. The zero-order chi connectivity index (χ0) is 30.8. The molecule has 43 heavy (non-hydrogen) atoms. The van der Waals surface area contributed by atoms with E-state index in [0.717, 1.165) is 58.5 Å². The van der Waals surface area contributed by atoms with Gasteiger partial charge in [-0.2, -0.15) is 0 Å². The normalized spacial score (nSPS) is 15.9. The number of nitrogens with one attached hydrogen (secondary N) is 1. The lowest BCUT2D eigenvalue weighted by molar-refractivity contribution is -0.115. The van der Waals surface area contributed by atoms with Gasteiger partial charge in [-0.25, -0.2) is 4.39 Å². The molecule has 1 heterocycles. The Morgan fingerprint density at radius 1 is 1.12 bits per heavy atom.